The van der Waals surface area contributed by atoms with Crippen LogP contribution in [0.4, 0.5) is 0 Å². The molecule has 136 valence electrons. The summed E-state index contributed by atoms with van der Waals surface area (Å²) in [5.74, 6) is 0. The van der Waals surface area contributed by atoms with Crippen molar-refractivity contribution in [3.63, 3.8) is 0 Å². The van der Waals surface area contributed by atoms with Gasteiger partial charge in [0.1, 0.15) is 15.8 Å². The number of nitrogens with one attached hydrogen (secondary N) is 1. The van der Waals surface area contributed by atoms with Crippen molar-refractivity contribution in [1.29, 1.82) is 0 Å². The third-order valence-electron chi connectivity index (χ3n) is 4.04. The highest BCUT2D eigenvalue weighted by Crippen LogP contribution is 2.23. The van der Waals surface area contributed by atoms with Crippen LogP contribution in [0.25, 0.3) is 10.8 Å². The van der Waals surface area contributed by atoms with Crippen molar-refractivity contribution in [2.75, 3.05) is 0 Å². The van der Waals surface area contributed by atoms with Crippen LogP contribution in [0.15, 0.2) is 63.5 Å². The van der Waals surface area contributed by atoms with Crippen molar-refractivity contribution in [2.45, 2.75) is 23.4 Å². The fourth-order valence-electron chi connectivity index (χ4n) is 2.74. The number of halogens is 1. The van der Waals surface area contributed by atoms with Gasteiger partial charge in [-0.25, -0.2) is 8.89 Å². The molecule has 9 heteroatoms. The van der Waals surface area contributed by atoms with E-state index < -0.39 is 10.8 Å². The smallest absolute Gasteiger partial charge is 0.268 e. The van der Waals surface area contributed by atoms with Crippen LogP contribution >= 0.6 is 11.6 Å². The zero-order valence-corrected chi connectivity index (χ0v) is 15.8. The molecule has 27 heavy (non-hydrogen) atoms. The lowest BCUT2D eigenvalue weighted by Crippen LogP contribution is -2.23. The van der Waals surface area contributed by atoms with E-state index in [1.807, 2.05) is 25.1 Å². The molecule has 7 nitrogen and oxygen atoms in total. The monoisotopic (exact) mass is 399 g/mol. The summed E-state index contributed by atoms with van der Waals surface area (Å²) in [6, 6.07) is 10.6. The van der Waals surface area contributed by atoms with Gasteiger partial charge < -0.3 is 0 Å². The molecule has 1 N–H and O–H groups in total. The van der Waals surface area contributed by atoms with Crippen molar-refractivity contribution in [3.8, 4) is 0 Å². The zero-order chi connectivity index (χ0) is 19.0. The summed E-state index contributed by atoms with van der Waals surface area (Å²) in [6.45, 7) is 2.18. The molecule has 1 atom stereocenters. The fourth-order valence-corrected chi connectivity index (χ4v) is 4.07. The molecule has 0 radical (unpaired) electrons. The first-order valence-corrected chi connectivity index (χ1v) is 9.59. The third-order valence-corrected chi connectivity index (χ3v) is 5.80. The summed E-state index contributed by atoms with van der Waals surface area (Å²) < 4.78 is 14.0. The molecule has 0 fully saturated rings. The average molecular weight is 400 g/mol. The summed E-state index contributed by atoms with van der Waals surface area (Å²) in [5, 5.41) is 12.4. The molecule has 0 aliphatic rings. The minimum atomic E-state index is -1.53. The number of rotatable bonds is 4. The number of benzene rings is 1. The molecular weight excluding hydrogens is 386 g/mol. The van der Waals surface area contributed by atoms with E-state index in [2.05, 4.69) is 20.3 Å². The molecule has 0 amide bonds. The van der Waals surface area contributed by atoms with Crippen LogP contribution in [0, 0.1) is 6.92 Å². The van der Waals surface area contributed by atoms with Crippen LogP contribution in [0.3, 0.4) is 0 Å². The van der Waals surface area contributed by atoms with Gasteiger partial charge >= 0.3 is 0 Å². The van der Waals surface area contributed by atoms with Crippen molar-refractivity contribution >= 4 is 33.2 Å². The molecule has 0 aliphatic carbocycles. The van der Waals surface area contributed by atoms with E-state index in [1.54, 1.807) is 24.4 Å². The van der Waals surface area contributed by atoms with Crippen molar-refractivity contribution in [3.05, 3.63) is 75.6 Å². The predicted octanol–water partition coefficient (Wildman–Crippen LogP) is 2.69. The van der Waals surface area contributed by atoms with Gasteiger partial charge in [-0.15, -0.1) is 0 Å². The fraction of sp³-hybridized carbons (Fsp3) is 0.111. The van der Waals surface area contributed by atoms with Crippen LogP contribution in [-0.4, -0.2) is 29.2 Å². The zero-order valence-electron chi connectivity index (χ0n) is 14.2. The minimum absolute atomic E-state index is 0.229. The Morgan fingerprint density at radius 3 is 2.81 bits per heavy atom. The van der Waals surface area contributed by atoms with Gasteiger partial charge in [0.2, 0.25) is 0 Å². The number of aromatic amines is 1. The Kier molecular flexibility index (Phi) is 4.59. The molecule has 4 aromatic rings. The van der Waals surface area contributed by atoms with Crippen molar-refractivity contribution in [2.24, 2.45) is 0 Å². The van der Waals surface area contributed by atoms with E-state index >= 15 is 0 Å². The lowest BCUT2D eigenvalue weighted by molar-refractivity contribution is 0.634. The number of fused-ring (bicyclic) bond motifs is 1. The molecule has 0 saturated carbocycles. The number of aromatic nitrogens is 5. The first-order valence-electron chi connectivity index (χ1n) is 8.06. The predicted molar refractivity (Wildman–Crippen MR) is 102 cm³/mol. The maximum absolute atomic E-state index is 12.7. The van der Waals surface area contributed by atoms with Crippen molar-refractivity contribution < 1.29 is 4.21 Å². The molecule has 0 bridgehead atoms. The number of aryl methyl sites for hydroxylation is 1. The average Bonchev–Trinajstić information content (AvgIpc) is 3.09. The summed E-state index contributed by atoms with van der Waals surface area (Å²) in [4.78, 5) is 17.7. The second-order valence-electron chi connectivity index (χ2n) is 5.94. The number of nitrogens with zero attached hydrogens (tertiary/aromatic N) is 4. The quantitative estimate of drug-likeness (QED) is 0.569. The van der Waals surface area contributed by atoms with E-state index in [4.69, 9.17) is 11.6 Å². The standard InChI is InChI=1S/C18H14ClN5O2S/c1-11-3-2-4-13(22-11)10-24-18(25)15-6-5-14(7-12(15)8-21-24)27(26)17-16(19)9-20-23-17/h2-9H,10H2,1H3,(H,20,23). The van der Waals surface area contributed by atoms with E-state index in [-0.39, 0.29) is 12.1 Å². The Bertz CT molecular complexity index is 1230. The first-order chi connectivity index (χ1) is 13.0. The summed E-state index contributed by atoms with van der Waals surface area (Å²) in [5.41, 5.74) is 1.41. The normalized spacial score (nSPS) is 12.4. The van der Waals surface area contributed by atoms with E-state index in [9.17, 15) is 9.00 Å². The van der Waals surface area contributed by atoms with Gasteiger partial charge in [0.15, 0.2) is 0 Å². The highest BCUT2D eigenvalue weighted by atomic mass is 35.5. The summed E-state index contributed by atoms with van der Waals surface area (Å²) >= 11 is 5.98. The van der Waals surface area contributed by atoms with Crippen molar-refractivity contribution in [1.82, 2.24) is 25.0 Å². The second-order valence-corrected chi connectivity index (χ2v) is 7.77. The molecule has 0 spiro atoms. The molecule has 3 aromatic heterocycles. The van der Waals surface area contributed by atoms with Crippen LogP contribution in [0.5, 0.6) is 0 Å². The Morgan fingerprint density at radius 1 is 1.22 bits per heavy atom. The van der Waals surface area contributed by atoms with Crippen LogP contribution in [0.2, 0.25) is 5.02 Å². The van der Waals surface area contributed by atoms with Gasteiger partial charge in [0, 0.05) is 16.0 Å². The van der Waals surface area contributed by atoms with Crippen LogP contribution in [0.1, 0.15) is 11.4 Å². The number of hydrogen-bond acceptors (Lipinski definition) is 5. The van der Waals surface area contributed by atoms with E-state index in [1.165, 1.54) is 10.9 Å². The maximum Gasteiger partial charge on any atom is 0.274 e. The number of hydrogen-bond donors (Lipinski definition) is 1. The molecule has 1 aromatic carbocycles. The van der Waals surface area contributed by atoms with Gasteiger partial charge in [0.05, 0.1) is 35.0 Å². The Balaban J connectivity index is 1.71. The van der Waals surface area contributed by atoms with Crippen LogP contribution in [-0.2, 0) is 17.3 Å². The Hall–Kier alpha value is -2.84. The van der Waals surface area contributed by atoms with Gasteiger partial charge in [-0.3, -0.25) is 14.9 Å². The molecule has 3 heterocycles. The number of H-pyrrole nitrogens is 1. The molecule has 0 aliphatic heterocycles. The highest BCUT2D eigenvalue weighted by molar-refractivity contribution is 7.85. The molecule has 0 saturated heterocycles. The number of pyridine rings is 1. The second kappa shape index (κ2) is 7.05. The lowest BCUT2D eigenvalue weighted by Gasteiger charge is -2.07. The minimum Gasteiger partial charge on any atom is -0.268 e. The van der Waals surface area contributed by atoms with E-state index in [0.717, 1.165) is 11.4 Å². The van der Waals surface area contributed by atoms with Gasteiger partial charge in [0.25, 0.3) is 5.56 Å². The summed E-state index contributed by atoms with van der Waals surface area (Å²) in [7, 11) is -1.53. The Morgan fingerprint density at radius 2 is 2.07 bits per heavy atom. The highest BCUT2D eigenvalue weighted by Gasteiger charge is 2.15. The van der Waals surface area contributed by atoms with E-state index in [0.29, 0.717) is 25.7 Å². The lowest BCUT2D eigenvalue weighted by atomic mass is 10.2. The maximum atomic E-state index is 12.7. The first kappa shape index (κ1) is 17.6. The van der Waals surface area contributed by atoms with Crippen LogP contribution < -0.4 is 5.56 Å². The largest absolute Gasteiger partial charge is 0.274 e. The van der Waals surface area contributed by atoms with Gasteiger partial charge in [-0.2, -0.15) is 10.2 Å². The topological polar surface area (TPSA) is 93.5 Å². The Labute approximate surface area is 161 Å². The SMILES string of the molecule is Cc1cccc(Cn2ncc3cc(S(=O)c4[nH]ncc4Cl)ccc3c2=O)n1. The van der Waals surface area contributed by atoms with Gasteiger partial charge in [-0.05, 0) is 37.3 Å². The molecule has 4 rings (SSSR count). The summed E-state index contributed by atoms with van der Waals surface area (Å²) in [6.07, 6.45) is 2.98. The molecule has 1 unspecified atom stereocenters. The van der Waals surface area contributed by atoms with Gasteiger partial charge in [-0.1, -0.05) is 17.7 Å². The third kappa shape index (κ3) is 3.41. The molecular formula is C18H14ClN5O2S.